The zero-order valence-corrected chi connectivity index (χ0v) is 13.8. The van der Waals surface area contributed by atoms with Crippen molar-refractivity contribution in [1.29, 1.82) is 0 Å². The SMILES string of the molecule is [2H]C([2H])([2H])[n+]1c(C)n(-c2c(C)ccc3c2oc2ccccc23)c2nccnc21. The molecule has 0 atom stereocenters. The minimum Gasteiger partial charge on any atom is -0.452 e. The van der Waals surface area contributed by atoms with E-state index in [9.17, 15) is 0 Å². The van der Waals surface area contributed by atoms with E-state index in [1.54, 1.807) is 13.1 Å². The molecule has 0 fully saturated rings. The summed E-state index contributed by atoms with van der Waals surface area (Å²) in [5, 5.41) is 1.99. The van der Waals surface area contributed by atoms with Crippen LogP contribution >= 0.6 is 0 Å². The van der Waals surface area contributed by atoms with Gasteiger partial charge in [0.2, 0.25) is 5.82 Å². The molecule has 25 heavy (non-hydrogen) atoms. The molecule has 0 radical (unpaired) electrons. The van der Waals surface area contributed by atoms with Gasteiger partial charge in [-0.15, -0.1) is 4.98 Å². The normalized spacial score (nSPS) is 14.1. The Morgan fingerprint density at radius 2 is 1.88 bits per heavy atom. The second kappa shape index (κ2) is 4.89. The monoisotopic (exact) mass is 332 g/mol. The van der Waals surface area contributed by atoms with Gasteiger partial charge in [-0.3, -0.25) is 0 Å². The van der Waals surface area contributed by atoms with Crippen LogP contribution in [0.4, 0.5) is 0 Å². The smallest absolute Gasteiger partial charge is 0.322 e. The van der Waals surface area contributed by atoms with E-state index in [4.69, 9.17) is 8.53 Å². The zero-order chi connectivity index (χ0) is 19.6. The fourth-order valence-electron chi connectivity index (χ4n) is 3.46. The van der Waals surface area contributed by atoms with Crippen LogP contribution in [0, 0.1) is 13.8 Å². The predicted octanol–water partition coefficient (Wildman–Crippen LogP) is 3.76. The highest BCUT2D eigenvalue weighted by atomic mass is 16.3. The first kappa shape index (κ1) is 11.4. The number of nitrogens with zero attached hydrogens (tertiary/aromatic N) is 4. The molecule has 0 saturated heterocycles. The van der Waals surface area contributed by atoms with Gasteiger partial charge in [-0.05, 0) is 24.6 Å². The molecule has 0 spiro atoms. The fourth-order valence-corrected chi connectivity index (χ4v) is 3.46. The van der Waals surface area contributed by atoms with Gasteiger partial charge in [-0.2, -0.15) is 0 Å². The fraction of sp³-hybridized carbons (Fsp3) is 0.150. The molecule has 0 aliphatic rings. The van der Waals surface area contributed by atoms with Crippen molar-refractivity contribution in [2.45, 2.75) is 13.8 Å². The van der Waals surface area contributed by atoms with Crippen LogP contribution in [-0.4, -0.2) is 14.5 Å². The molecule has 3 aromatic heterocycles. The lowest BCUT2D eigenvalue weighted by Crippen LogP contribution is -2.31. The molecular formula is C20H17N4O+. The summed E-state index contributed by atoms with van der Waals surface area (Å²) in [4.78, 5) is 8.74. The number of rotatable bonds is 1. The van der Waals surface area contributed by atoms with Crippen molar-refractivity contribution in [3.63, 3.8) is 0 Å². The van der Waals surface area contributed by atoms with Crippen LogP contribution in [0.3, 0.4) is 0 Å². The average molecular weight is 332 g/mol. The summed E-state index contributed by atoms with van der Waals surface area (Å²) in [5.41, 5.74) is 4.01. The Labute approximate surface area is 148 Å². The maximum absolute atomic E-state index is 7.97. The van der Waals surface area contributed by atoms with Crippen molar-refractivity contribution >= 4 is 33.2 Å². The van der Waals surface area contributed by atoms with Crippen molar-refractivity contribution in [3.05, 3.63) is 60.2 Å². The van der Waals surface area contributed by atoms with E-state index >= 15 is 0 Å². The minimum absolute atomic E-state index is 0.313. The molecule has 0 saturated carbocycles. The maximum Gasteiger partial charge on any atom is 0.322 e. The third-order valence-electron chi connectivity index (χ3n) is 4.68. The Morgan fingerprint density at radius 3 is 2.76 bits per heavy atom. The highest BCUT2D eigenvalue weighted by molar-refractivity contribution is 6.08. The number of benzene rings is 2. The Kier molecular flexibility index (Phi) is 2.22. The molecule has 0 aliphatic carbocycles. The first-order chi connectivity index (χ1) is 13.4. The van der Waals surface area contributed by atoms with Crippen LogP contribution in [-0.2, 0) is 6.98 Å². The lowest BCUT2D eigenvalue weighted by Gasteiger charge is -2.06. The van der Waals surface area contributed by atoms with Gasteiger partial charge < -0.3 is 4.42 Å². The zero-order valence-electron chi connectivity index (χ0n) is 16.8. The Bertz CT molecular complexity index is 1380. The Hall–Kier alpha value is -3.21. The van der Waals surface area contributed by atoms with E-state index in [-0.39, 0.29) is 0 Å². The minimum atomic E-state index is -2.38. The molecule has 5 rings (SSSR count). The van der Waals surface area contributed by atoms with Crippen molar-refractivity contribution in [3.8, 4) is 5.69 Å². The van der Waals surface area contributed by atoms with Gasteiger partial charge >= 0.3 is 5.65 Å². The standard InChI is InChI=1S/C20H17N4O/c1-12-8-9-15-14-6-4-5-7-16(14)25-18(15)17(12)24-13(2)23(3)19-20(24)22-11-10-21-19/h4-11H,1-3H3/q+1/i3D3. The summed E-state index contributed by atoms with van der Waals surface area (Å²) in [5.74, 6) is 0.511. The number of imidazole rings is 1. The van der Waals surface area contributed by atoms with E-state index in [0.717, 1.165) is 27.6 Å². The van der Waals surface area contributed by atoms with Gasteiger partial charge in [0.15, 0.2) is 11.3 Å². The molecule has 3 heterocycles. The van der Waals surface area contributed by atoms with Gasteiger partial charge in [-0.25, -0.2) is 14.1 Å². The molecule has 5 heteroatoms. The summed E-state index contributed by atoms with van der Waals surface area (Å²) in [6.45, 7) is 1.36. The van der Waals surface area contributed by atoms with E-state index in [0.29, 0.717) is 22.7 Å². The number of hydrogen-bond acceptors (Lipinski definition) is 3. The first-order valence-corrected chi connectivity index (χ1v) is 8.03. The topological polar surface area (TPSA) is 47.7 Å². The molecule has 0 unspecified atom stereocenters. The second-order valence-corrected chi connectivity index (χ2v) is 6.13. The van der Waals surface area contributed by atoms with Crippen molar-refractivity contribution in [2.24, 2.45) is 6.98 Å². The van der Waals surface area contributed by atoms with Crippen LogP contribution in [0.15, 0.2) is 53.2 Å². The molecule has 5 aromatic rings. The highest BCUT2D eigenvalue weighted by Gasteiger charge is 2.26. The number of aromatic nitrogens is 4. The molecule has 0 N–H and O–H groups in total. The van der Waals surface area contributed by atoms with Crippen LogP contribution in [0.5, 0.6) is 0 Å². The van der Waals surface area contributed by atoms with Crippen LogP contribution in [0.1, 0.15) is 15.5 Å². The lowest BCUT2D eigenvalue weighted by atomic mass is 10.1. The van der Waals surface area contributed by atoms with Crippen molar-refractivity contribution in [2.75, 3.05) is 0 Å². The summed E-state index contributed by atoms with van der Waals surface area (Å²) in [7, 11) is 0. The summed E-state index contributed by atoms with van der Waals surface area (Å²) >= 11 is 0. The maximum atomic E-state index is 7.97. The molecule has 0 amide bonds. The molecule has 0 bridgehead atoms. The Balaban J connectivity index is 1.98. The van der Waals surface area contributed by atoms with Crippen LogP contribution in [0.2, 0.25) is 0 Å². The number of fused-ring (bicyclic) bond motifs is 4. The van der Waals surface area contributed by atoms with E-state index in [1.807, 2.05) is 47.9 Å². The second-order valence-electron chi connectivity index (χ2n) is 6.13. The number of para-hydroxylation sites is 1. The number of aryl methyl sites for hydroxylation is 2. The number of hydrogen-bond donors (Lipinski definition) is 0. The Morgan fingerprint density at radius 1 is 1.04 bits per heavy atom. The van der Waals surface area contributed by atoms with Crippen molar-refractivity contribution < 1.29 is 13.1 Å². The van der Waals surface area contributed by atoms with E-state index in [1.165, 1.54) is 10.8 Å². The molecule has 122 valence electrons. The number of furan rings is 1. The van der Waals surface area contributed by atoms with Crippen molar-refractivity contribution in [1.82, 2.24) is 14.5 Å². The third kappa shape index (κ3) is 1.80. The molecule has 5 nitrogen and oxygen atoms in total. The van der Waals surface area contributed by atoms with Gasteiger partial charge in [0.25, 0.3) is 5.65 Å². The van der Waals surface area contributed by atoms with Crippen LogP contribution in [0.25, 0.3) is 38.9 Å². The largest absolute Gasteiger partial charge is 0.452 e. The summed E-state index contributed by atoms with van der Waals surface area (Å²) in [6, 6.07) is 11.9. The van der Waals surface area contributed by atoms with Gasteiger partial charge in [0, 0.05) is 17.7 Å². The third-order valence-corrected chi connectivity index (χ3v) is 4.68. The quantitative estimate of drug-likeness (QED) is 0.439. The van der Waals surface area contributed by atoms with E-state index < -0.39 is 6.98 Å². The average Bonchev–Trinajstić information content (AvgIpc) is 3.16. The predicted molar refractivity (Wildman–Crippen MR) is 96.8 cm³/mol. The van der Waals surface area contributed by atoms with Crippen LogP contribution < -0.4 is 4.57 Å². The first-order valence-electron chi connectivity index (χ1n) is 9.53. The highest BCUT2D eigenvalue weighted by Crippen LogP contribution is 2.35. The van der Waals surface area contributed by atoms with Gasteiger partial charge in [0.1, 0.15) is 11.8 Å². The molecule has 2 aromatic carbocycles. The van der Waals surface area contributed by atoms with Gasteiger partial charge in [-0.1, -0.05) is 24.3 Å². The molecule has 0 aliphatic heterocycles. The molecular weight excluding hydrogens is 312 g/mol. The van der Waals surface area contributed by atoms with Gasteiger partial charge in [0.05, 0.1) is 17.3 Å². The summed E-state index contributed by atoms with van der Waals surface area (Å²) in [6.07, 6.45) is 3.07. The summed E-state index contributed by atoms with van der Waals surface area (Å²) < 4.78 is 33.2. The lowest BCUT2D eigenvalue weighted by molar-refractivity contribution is -0.653. The van der Waals surface area contributed by atoms with E-state index in [2.05, 4.69) is 9.97 Å².